The number of halogens is 2. The van der Waals surface area contributed by atoms with Crippen LogP contribution in [0.1, 0.15) is 12.0 Å². The van der Waals surface area contributed by atoms with E-state index in [2.05, 4.69) is 0 Å². The van der Waals surface area contributed by atoms with Crippen molar-refractivity contribution in [1.82, 2.24) is 4.31 Å². The highest BCUT2D eigenvalue weighted by atomic mass is 35.5. The van der Waals surface area contributed by atoms with E-state index in [1.165, 1.54) is 22.5 Å². The summed E-state index contributed by atoms with van der Waals surface area (Å²) in [6.07, 6.45) is 4.70. The van der Waals surface area contributed by atoms with Crippen molar-refractivity contribution in [2.24, 2.45) is 5.92 Å². The average Bonchev–Trinajstić information content (AvgIpc) is 2.98. The Bertz CT molecular complexity index is 1120. The number of ether oxygens (including phenoxy) is 2. The van der Waals surface area contributed by atoms with E-state index in [4.69, 9.17) is 21.1 Å². The molecular formula is C23H23ClFNO4S. The summed E-state index contributed by atoms with van der Waals surface area (Å²) in [6, 6.07) is 13.0. The first-order chi connectivity index (χ1) is 14.9. The number of nitrogens with zero attached hydrogens (tertiary/aromatic N) is 1. The lowest BCUT2D eigenvalue weighted by molar-refractivity contribution is 0.0987. The quantitative estimate of drug-likeness (QED) is 0.630. The fraction of sp³-hybridized carbons (Fsp3) is 0.304. The van der Waals surface area contributed by atoms with Crippen LogP contribution in [0.4, 0.5) is 4.39 Å². The fourth-order valence-electron chi connectivity index (χ4n) is 3.68. The number of sulfonamides is 1. The minimum Gasteiger partial charge on any atom is -0.492 e. The number of fused-ring (bicyclic) bond motifs is 1. The number of benzene rings is 2. The molecule has 1 saturated heterocycles. The zero-order valence-electron chi connectivity index (χ0n) is 16.8. The molecule has 0 amide bonds. The molecule has 0 saturated carbocycles. The van der Waals surface area contributed by atoms with E-state index >= 15 is 0 Å². The van der Waals surface area contributed by atoms with Crippen LogP contribution in [0.3, 0.4) is 0 Å². The summed E-state index contributed by atoms with van der Waals surface area (Å²) < 4.78 is 53.1. The molecule has 1 heterocycles. The molecule has 5 nitrogen and oxygen atoms in total. The molecule has 0 bridgehead atoms. The molecule has 4 rings (SSSR count). The molecule has 0 aromatic heterocycles. The zero-order chi connectivity index (χ0) is 21.8. The van der Waals surface area contributed by atoms with E-state index in [0.29, 0.717) is 24.0 Å². The topological polar surface area (TPSA) is 55.8 Å². The van der Waals surface area contributed by atoms with Crippen LogP contribution in [0.2, 0.25) is 5.02 Å². The van der Waals surface area contributed by atoms with Crippen LogP contribution in [0.5, 0.6) is 0 Å². The number of rotatable bonds is 6. The summed E-state index contributed by atoms with van der Waals surface area (Å²) >= 11 is 6.17. The van der Waals surface area contributed by atoms with Crippen molar-refractivity contribution in [2.45, 2.75) is 17.9 Å². The molecule has 1 atom stereocenters. The molecule has 1 fully saturated rings. The van der Waals surface area contributed by atoms with E-state index in [1.807, 2.05) is 36.4 Å². The maximum absolute atomic E-state index is 14.2. The molecule has 1 unspecified atom stereocenters. The molecule has 1 aliphatic heterocycles. The maximum atomic E-state index is 14.2. The maximum Gasteiger partial charge on any atom is 0.246 e. The SMILES string of the molecule is O=S(=O)(c1ccccc1F)N1CCOC2=CCC(COCc3ccccc3Cl)C=C2C1. The van der Waals surface area contributed by atoms with E-state index in [0.717, 1.165) is 23.6 Å². The highest BCUT2D eigenvalue weighted by molar-refractivity contribution is 7.89. The fourth-order valence-corrected chi connectivity index (χ4v) is 5.34. The van der Waals surface area contributed by atoms with Gasteiger partial charge in [-0.05, 0) is 36.3 Å². The van der Waals surface area contributed by atoms with Gasteiger partial charge in [0.2, 0.25) is 10.0 Å². The third kappa shape index (κ3) is 5.01. The van der Waals surface area contributed by atoms with Crippen molar-refractivity contribution in [2.75, 3.05) is 26.3 Å². The average molecular weight is 464 g/mol. The van der Waals surface area contributed by atoms with Gasteiger partial charge in [-0.25, -0.2) is 12.8 Å². The largest absolute Gasteiger partial charge is 0.492 e. The Balaban J connectivity index is 1.46. The smallest absolute Gasteiger partial charge is 0.246 e. The van der Waals surface area contributed by atoms with Crippen molar-refractivity contribution in [3.63, 3.8) is 0 Å². The van der Waals surface area contributed by atoms with Gasteiger partial charge in [0, 0.05) is 29.6 Å². The van der Waals surface area contributed by atoms with Crippen LogP contribution >= 0.6 is 11.6 Å². The van der Waals surface area contributed by atoms with Crippen LogP contribution in [0.25, 0.3) is 0 Å². The zero-order valence-corrected chi connectivity index (χ0v) is 18.4. The van der Waals surface area contributed by atoms with Crippen LogP contribution in [0, 0.1) is 11.7 Å². The molecule has 164 valence electrons. The Morgan fingerprint density at radius 3 is 2.74 bits per heavy atom. The molecule has 8 heteroatoms. The second-order valence-electron chi connectivity index (χ2n) is 7.48. The lowest BCUT2D eigenvalue weighted by atomic mass is 9.95. The summed E-state index contributed by atoms with van der Waals surface area (Å²) in [7, 11) is -3.98. The summed E-state index contributed by atoms with van der Waals surface area (Å²) in [5.41, 5.74) is 1.69. The van der Waals surface area contributed by atoms with E-state index < -0.39 is 15.8 Å². The standard InChI is InChI=1S/C23H23ClFNO4S/c24-20-6-2-1-5-18(20)16-29-15-17-9-10-22-19(13-17)14-26(11-12-30-22)31(27,28)23-8-4-3-7-21(23)25/h1-8,10,13,17H,9,11-12,14-16H2. The summed E-state index contributed by atoms with van der Waals surface area (Å²) in [5, 5.41) is 0.665. The van der Waals surface area contributed by atoms with Crippen molar-refractivity contribution in [3.05, 3.63) is 88.4 Å². The Morgan fingerprint density at radius 2 is 1.94 bits per heavy atom. The first-order valence-electron chi connectivity index (χ1n) is 10.0. The minimum absolute atomic E-state index is 0.0842. The Hall–Kier alpha value is -2.19. The van der Waals surface area contributed by atoms with Gasteiger partial charge >= 0.3 is 0 Å². The predicted octanol–water partition coefficient (Wildman–Crippen LogP) is 4.55. The summed E-state index contributed by atoms with van der Waals surface area (Å²) in [6.45, 7) is 1.37. The number of hydrogen-bond donors (Lipinski definition) is 0. The Morgan fingerprint density at radius 1 is 1.16 bits per heavy atom. The van der Waals surface area contributed by atoms with Gasteiger partial charge in [-0.15, -0.1) is 0 Å². The van der Waals surface area contributed by atoms with E-state index in [-0.39, 0.29) is 30.5 Å². The van der Waals surface area contributed by atoms with E-state index in [9.17, 15) is 12.8 Å². The summed E-state index contributed by atoms with van der Waals surface area (Å²) in [5.74, 6) is 0.0152. The normalized spacial score (nSPS) is 19.6. The van der Waals surface area contributed by atoms with Crippen molar-refractivity contribution in [1.29, 1.82) is 0 Å². The van der Waals surface area contributed by atoms with Crippen molar-refractivity contribution >= 4 is 21.6 Å². The van der Waals surface area contributed by atoms with Gasteiger partial charge < -0.3 is 9.47 Å². The van der Waals surface area contributed by atoms with Gasteiger partial charge in [-0.2, -0.15) is 4.31 Å². The molecular weight excluding hydrogens is 441 g/mol. The van der Waals surface area contributed by atoms with Crippen LogP contribution in [0.15, 0.2) is 76.9 Å². The molecule has 0 radical (unpaired) electrons. The van der Waals surface area contributed by atoms with Gasteiger partial charge in [0.05, 0.1) is 13.2 Å². The molecule has 2 aromatic rings. The van der Waals surface area contributed by atoms with E-state index in [1.54, 1.807) is 0 Å². The molecule has 0 spiro atoms. The molecule has 2 aromatic carbocycles. The van der Waals surface area contributed by atoms with Gasteiger partial charge in [0.25, 0.3) is 0 Å². The highest BCUT2D eigenvalue weighted by Gasteiger charge is 2.32. The second kappa shape index (κ2) is 9.53. The van der Waals surface area contributed by atoms with Crippen LogP contribution in [-0.2, 0) is 26.1 Å². The number of allylic oxidation sites excluding steroid dienone is 1. The van der Waals surface area contributed by atoms with Crippen LogP contribution in [-0.4, -0.2) is 39.0 Å². The molecule has 31 heavy (non-hydrogen) atoms. The summed E-state index contributed by atoms with van der Waals surface area (Å²) in [4.78, 5) is -0.321. The minimum atomic E-state index is -3.98. The highest BCUT2D eigenvalue weighted by Crippen LogP contribution is 2.30. The van der Waals surface area contributed by atoms with Gasteiger partial charge in [-0.1, -0.05) is 48.0 Å². The van der Waals surface area contributed by atoms with Crippen LogP contribution < -0.4 is 0 Å². The Labute approximate surface area is 186 Å². The predicted molar refractivity (Wildman–Crippen MR) is 116 cm³/mol. The van der Waals surface area contributed by atoms with Crippen molar-refractivity contribution < 1.29 is 22.3 Å². The lowest BCUT2D eigenvalue weighted by Gasteiger charge is -2.23. The third-order valence-electron chi connectivity index (χ3n) is 5.31. The lowest BCUT2D eigenvalue weighted by Crippen LogP contribution is -2.34. The Kier molecular flexibility index (Phi) is 6.77. The van der Waals surface area contributed by atoms with Gasteiger partial charge in [0.1, 0.15) is 23.1 Å². The first-order valence-corrected chi connectivity index (χ1v) is 11.9. The monoisotopic (exact) mass is 463 g/mol. The second-order valence-corrected chi connectivity index (χ2v) is 9.79. The molecule has 0 N–H and O–H groups in total. The van der Waals surface area contributed by atoms with Crippen molar-refractivity contribution in [3.8, 4) is 0 Å². The first kappa shape index (κ1) is 22.0. The van der Waals surface area contributed by atoms with Gasteiger partial charge in [-0.3, -0.25) is 0 Å². The third-order valence-corrected chi connectivity index (χ3v) is 7.55. The molecule has 2 aliphatic rings. The van der Waals surface area contributed by atoms with Gasteiger partial charge in [0.15, 0.2) is 0 Å². The number of hydrogen-bond acceptors (Lipinski definition) is 4. The molecule has 1 aliphatic carbocycles.